The third kappa shape index (κ3) is 7.38. The zero-order valence-electron chi connectivity index (χ0n) is 16.8. The summed E-state index contributed by atoms with van der Waals surface area (Å²) < 4.78 is 5.25. The predicted octanol–water partition coefficient (Wildman–Crippen LogP) is 3.24. The average Bonchev–Trinajstić information content (AvgIpc) is 2.71. The Balaban J connectivity index is 1.84. The number of nitrogens with zero attached hydrogens (tertiary/aromatic N) is 1. The topological polar surface area (TPSA) is 70.7 Å². The second-order valence-corrected chi connectivity index (χ2v) is 6.91. The first-order chi connectivity index (χ1) is 13.9. The molecule has 2 N–H and O–H groups in total. The van der Waals surface area contributed by atoms with Crippen LogP contribution >= 0.6 is 12.2 Å². The number of thiocarbonyl (C=S) groups is 1. The fourth-order valence-electron chi connectivity index (χ4n) is 2.52. The van der Waals surface area contributed by atoms with Gasteiger partial charge < -0.3 is 15.0 Å². The van der Waals surface area contributed by atoms with Gasteiger partial charge in [-0.1, -0.05) is 30.3 Å². The molecule has 7 heteroatoms. The first-order valence-corrected chi connectivity index (χ1v) is 9.52. The summed E-state index contributed by atoms with van der Waals surface area (Å²) in [6, 6.07) is 15.0. The Labute approximate surface area is 176 Å². The Kier molecular flexibility index (Phi) is 8.36. The molecule has 0 saturated heterocycles. The maximum Gasteiger partial charge on any atom is 0.250 e. The first kappa shape index (κ1) is 22.1. The summed E-state index contributed by atoms with van der Waals surface area (Å²) in [5.41, 5.74) is 2.61. The summed E-state index contributed by atoms with van der Waals surface area (Å²) >= 11 is 5.19. The van der Waals surface area contributed by atoms with E-state index < -0.39 is 0 Å². The number of aryl methyl sites for hydroxylation is 1. The number of hydrogen-bond donors (Lipinski definition) is 2. The second-order valence-electron chi connectivity index (χ2n) is 6.50. The quantitative estimate of drug-likeness (QED) is 0.541. The van der Waals surface area contributed by atoms with Crippen LogP contribution in [0.4, 0.5) is 5.69 Å². The highest BCUT2D eigenvalue weighted by molar-refractivity contribution is 7.80. The standard InChI is InChI=1S/C22H25N3O3S/c1-25(2)21(27)15-10-16-8-12-18(13-9-16)23-22(29)24-20(26)14-11-17-6-4-5-7-19(17)28-3/h4-9,11-14H,10,15H2,1-3H3,(H2,23,24,26,29)/b14-11+. The minimum Gasteiger partial charge on any atom is -0.496 e. The van der Waals surface area contributed by atoms with Crippen LogP contribution in [0.15, 0.2) is 54.6 Å². The van der Waals surface area contributed by atoms with E-state index >= 15 is 0 Å². The fourth-order valence-corrected chi connectivity index (χ4v) is 2.73. The van der Waals surface area contributed by atoms with E-state index in [2.05, 4.69) is 10.6 Å². The lowest BCUT2D eigenvalue weighted by Gasteiger charge is -2.11. The molecule has 0 spiro atoms. The molecule has 0 saturated carbocycles. The van der Waals surface area contributed by atoms with Gasteiger partial charge in [-0.3, -0.25) is 14.9 Å². The number of hydrogen-bond acceptors (Lipinski definition) is 4. The van der Waals surface area contributed by atoms with E-state index in [9.17, 15) is 9.59 Å². The number of anilines is 1. The van der Waals surface area contributed by atoms with Gasteiger partial charge >= 0.3 is 0 Å². The summed E-state index contributed by atoms with van der Waals surface area (Å²) in [5.74, 6) is 0.439. The van der Waals surface area contributed by atoms with Gasteiger partial charge in [0.1, 0.15) is 5.75 Å². The van der Waals surface area contributed by atoms with Crippen molar-refractivity contribution >= 4 is 40.9 Å². The van der Waals surface area contributed by atoms with E-state index in [1.807, 2.05) is 48.5 Å². The molecule has 0 atom stereocenters. The smallest absolute Gasteiger partial charge is 0.250 e. The largest absolute Gasteiger partial charge is 0.496 e. The van der Waals surface area contributed by atoms with E-state index in [1.165, 1.54) is 6.08 Å². The van der Waals surface area contributed by atoms with Crippen LogP contribution in [0.3, 0.4) is 0 Å². The van der Waals surface area contributed by atoms with Gasteiger partial charge in [0.25, 0.3) is 0 Å². The van der Waals surface area contributed by atoms with Gasteiger partial charge in [0.2, 0.25) is 11.8 Å². The number of nitrogens with one attached hydrogen (secondary N) is 2. The summed E-state index contributed by atoms with van der Waals surface area (Å²) in [5, 5.41) is 5.78. The number of ether oxygens (including phenoxy) is 1. The van der Waals surface area contributed by atoms with E-state index in [-0.39, 0.29) is 16.9 Å². The molecule has 0 bridgehead atoms. The molecule has 0 unspecified atom stereocenters. The number of benzene rings is 2. The predicted molar refractivity (Wildman–Crippen MR) is 120 cm³/mol. The number of carbonyl (C=O) groups is 2. The van der Waals surface area contributed by atoms with Gasteiger partial charge in [-0.15, -0.1) is 0 Å². The first-order valence-electron chi connectivity index (χ1n) is 9.11. The van der Waals surface area contributed by atoms with Gasteiger partial charge in [-0.05, 0) is 48.5 Å². The maximum absolute atomic E-state index is 12.1. The molecule has 0 aliphatic heterocycles. The molecule has 0 heterocycles. The second kappa shape index (κ2) is 11.0. The van der Waals surface area contributed by atoms with Crippen LogP contribution in [0.25, 0.3) is 6.08 Å². The third-order valence-electron chi connectivity index (χ3n) is 4.13. The van der Waals surface area contributed by atoms with Gasteiger partial charge in [-0.25, -0.2) is 0 Å². The normalized spacial score (nSPS) is 10.4. The molecule has 0 aliphatic carbocycles. The molecule has 6 nitrogen and oxygen atoms in total. The van der Waals surface area contributed by atoms with Crippen molar-refractivity contribution in [3.8, 4) is 5.75 Å². The lowest BCUT2D eigenvalue weighted by molar-refractivity contribution is -0.128. The molecule has 2 aromatic rings. The molecular formula is C22H25N3O3S. The van der Waals surface area contributed by atoms with Crippen LogP contribution in [0.2, 0.25) is 0 Å². The van der Waals surface area contributed by atoms with E-state index in [1.54, 1.807) is 32.2 Å². The van der Waals surface area contributed by atoms with Crippen LogP contribution < -0.4 is 15.4 Å². The van der Waals surface area contributed by atoms with Crippen LogP contribution in [0, 0.1) is 0 Å². The molecule has 29 heavy (non-hydrogen) atoms. The van der Waals surface area contributed by atoms with Crippen molar-refractivity contribution in [3.05, 3.63) is 65.7 Å². The molecular weight excluding hydrogens is 386 g/mol. The highest BCUT2D eigenvalue weighted by atomic mass is 32.1. The van der Waals surface area contributed by atoms with Crippen LogP contribution in [0.5, 0.6) is 5.75 Å². The minimum absolute atomic E-state index is 0.0947. The average molecular weight is 412 g/mol. The Morgan fingerprint density at radius 2 is 1.79 bits per heavy atom. The van der Waals surface area contributed by atoms with Gasteiger partial charge in [0, 0.05) is 37.8 Å². The van der Waals surface area contributed by atoms with Crippen molar-refractivity contribution in [3.63, 3.8) is 0 Å². The van der Waals surface area contributed by atoms with Crippen LogP contribution in [-0.2, 0) is 16.0 Å². The number of para-hydroxylation sites is 1. The Hall–Kier alpha value is -3.19. The number of amides is 2. The van der Waals surface area contributed by atoms with Crippen molar-refractivity contribution in [1.82, 2.24) is 10.2 Å². The van der Waals surface area contributed by atoms with Crippen molar-refractivity contribution in [2.75, 3.05) is 26.5 Å². The zero-order valence-corrected chi connectivity index (χ0v) is 17.6. The fraction of sp³-hybridized carbons (Fsp3) is 0.227. The summed E-state index contributed by atoms with van der Waals surface area (Å²) in [6.45, 7) is 0. The monoisotopic (exact) mass is 411 g/mol. The van der Waals surface area contributed by atoms with Gasteiger partial charge in [0.05, 0.1) is 7.11 Å². The maximum atomic E-state index is 12.1. The lowest BCUT2D eigenvalue weighted by atomic mass is 10.1. The molecule has 0 aromatic heterocycles. The number of carbonyl (C=O) groups excluding carboxylic acids is 2. The molecule has 2 aromatic carbocycles. The van der Waals surface area contributed by atoms with Gasteiger partial charge in [-0.2, -0.15) is 0 Å². The van der Waals surface area contributed by atoms with Crippen molar-refractivity contribution in [2.45, 2.75) is 12.8 Å². The van der Waals surface area contributed by atoms with Crippen molar-refractivity contribution in [1.29, 1.82) is 0 Å². The van der Waals surface area contributed by atoms with Crippen LogP contribution in [0.1, 0.15) is 17.5 Å². The summed E-state index contributed by atoms with van der Waals surface area (Å²) in [4.78, 5) is 25.3. The highest BCUT2D eigenvalue weighted by Gasteiger charge is 2.06. The van der Waals surface area contributed by atoms with E-state index in [0.717, 1.165) is 16.8 Å². The molecule has 0 radical (unpaired) electrons. The minimum atomic E-state index is -0.341. The van der Waals surface area contributed by atoms with E-state index in [0.29, 0.717) is 18.6 Å². The van der Waals surface area contributed by atoms with E-state index in [4.69, 9.17) is 17.0 Å². The van der Waals surface area contributed by atoms with Crippen molar-refractivity contribution in [2.24, 2.45) is 0 Å². The van der Waals surface area contributed by atoms with Gasteiger partial charge in [0.15, 0.2) is 5.11 Å². The van der Waals surface area contributed by atoms with Crippen LogP contribution in [-0.4, -0.2) is 43.0 Å². The summed E-state index contributed by atoms with van der Waals surface area (Å²) in [7, 11) is 5.07. The number of rotatable bonds is 7. The molecule has 2 rings (SSSR count). The molecule has 0 aliphatic rings. The SMILES string of the molecule is COc1ccccc1/C=C/C(=O)NC(=S)Nc1ccc(CCC(=O)N(C)C)cc1. The number of methoxy groups -OCH3 is 1. The Morgan fingerprint density at radius 3 is 2.45 bits per heavy atom. The molecule has 152 valence electrons. The highest BCUT2D eigenvalue weighted by Crippen LogP contribution is 2.18. The van der Waals surface area contributed by atoms with Crippen molar-refractivity contribution < 1.29 is 14.3 Å². The summed E-state index contributed by atoms with van der Waals surface area (Å²) in [6.07, 6.45) is 4.20. The Bertz CT molecular complexity index is 892. The molecule has 0 fully saturated rings. The Morgan fingerprint density at radius 1 is 1.10 bits per heavy atom. The zero-order chi connectivity index (χ0) is 21.2. The lowest BCUT2D eigenvalue weighted by Crippen LogP contribution is -2.32. The third-order valence-corrected chi connectivity index (χ3v) is 4.33. The molecule has 2 amide bonds.